The van der Waals surface area contributed by atoms with Gasteiger partial charge in [0.2, 0.25) is 0 Å². The summed E-state index contributed by atoms with van der Waals surface area (Å²) in [5, 5.41) is 0. The van der Waals surface area contributed by atoms with Gasteiger partial charge in [0.05, 0.1) is 5.60 Å². The first-order chi connectivity index (χ1) is 6.52. The maximum Gasteiger partial charge on any atom is 0.118 e. The van der Waals surface area contributed by atoms with E-state index in [0.717, 1.165) is 13.0 Å². The van der Waals surface area contributed by atoms with E-state index in [1.54, 1.807) is 7.11 Å². The molecule has 0 N–H and O–H groups in total. The second kappa shape index (κ2) is 6.85. The van der Waals surface area contributed by atoms with Crippen LogP contribution in [0.25, 0.3) is 0 Å². The summed E-state index contributed by atoms with van der Waals surface area (Å²) in [6.07, 6.45) is 4.89. The highest BCUT2D eigenvalue weighted by molar-refractivity contribution is 4.75. The summed E-state index contributed by atoms with van der Waals surface area (Å²) in [7, 11) is 3.70. The van der Waals surface area contributed by atoms with Crippen LogP contribution in [-0.4, -0.2) is 38.0 Å². The maximum absolute atomic E-state index is 5.74. The van der Waals surface area contributed by atoms with E-state index in [2.05, 4.69) is 13.8 Å². The Morgan fingerprint density at radius 1 is 1.36 bits per heavy atom. The molecular weight excluding hydrogens is 178 g/mol. The Morgan fingerprint density at radius 3 is 2.50 bits per heavy atom. The van der Waals surface area contributed by atoms with Gasteiger partial charge in [-0.2, -0.15) is 0 Å². The number of hydrogen-bond donors (Lipinski definition) is 0. The zero-order chi connectivity index (χ0) is 11.0. The molecule has 0 bridgehead atoms. The second-order valence-electron chi connectivity index (χ2n) is 4.02. The van der Waals surface area contributed by atoms with Gasteiger partial charge in [-0.1, -0.05) is 6.08 Å². The summed E-state index contributed by atoms with van der Waals surface area (Å²) in [6, 6.07) is 0. The van der Waals surface area contributed by atoms with Gasteiger partial charge >= 0.3 is 0 Å². The topological polar surface area (TPSA) is 21.7 Å². The average Bonchev–Trinajstić information content (AvgIpc) is 2.13. The minimum atomic E-state index is -0.119. The molecule has 3 nitrogen and oxygen atoms in total. The molecule has 0 saturated carbocycles. The van der Waals surface area contributed by atoms with Crippen molar-refractivity contribution in [1.82, 2.24) is 4.90 Å². The van der Waals surface area contributed by atoms with Crippen LogP contribution in [0.2, 0.25) is 0 Å². The van der Waals surface area contributed by atoms with E-state index in [0.29, 0.717) is 6.73 Å². The smallest absolute Gasteiger partial charge is 0.118 e. The lowest BCUT2D eigenvalue weighted by Crippen LogP contribution is -2.30. The van der Waals surface area contributed by atoms with Crippen LogP contribution >= 0.6 is 0 Å². The molecule has 0 aliphatic heterocycles. The van der Waals surface area contributed by atoms with Gasteiger partial charge in [-0.05, 0) is 33.4 Å². The predicted molar refractivity (Wildman–Crippen MR) is 59.1 cm³/mol. The lowest BCUT2D eigenvalue weighted by molar-refractivity contribution is -0.0690. The molecule has 84 valence electrons. The highest BCUT2D eigenvalue weighted by Gasteiger charge is 2.17. The largest absolute Gasteiger partial charge is 0.385 e. The first kappa shape index (κ1) is 13.5. The van der Waals surface area contributed by atoms with E-state index >= 15 is 0 Å². The highest BCUT2D eigenvalue weighted by atomic mass is 16.5. The molecule has 0 saturated heterocycles. The van der Waals surface area contributed by atoms with E-state index in [9.17, 15) is 0 Å². The molecule has 0 atom stereocenters. The Kier molecular flexibility index (Phi) is 6.58. The molecule has 3 heteroatoms. The molecular formula is C11H23NO2. The van der Waals surface area contributed by atoms with Crippen molar-refractivity contribution in [2.45, 2.75) is 32.8 Å². The molecule has 0 aromatic carbocycles. The van der Waals surface area contributed by atoms with Gasteiger partial charge in [-0.3, -0.25) is 0 Å². The summed E-state index contributed by atoms with van der Waals surface area (Å²) in [5.41, 5.74) is -0.119. The van der Waals surface area contributed by atoms with Crippen molar-refractivity contribution in [2.24, 2.45) is 0 Å². The van der Waals surface area contributed by atoms with Gasteiger partial charge in [0, 0.05) is 20.8 Å². The Labute approximate surface area is 87.7 Å². The summed E-state index contributed by atoms with van der Waals surface area (Å²) in [5.74, 6) is 0. The maximum atomic E-state index is 5.74. The van der Waals surface area contributed by atoms with Crippen molar-refractivity contribution >= 4 is 0 Å². The molecule has 0 amide bonds. The molecule has 0 fully saturated rings. The van der Waals surface area contributed by atoms with E-state index in [4.69, 9.17) is 9.47 Å². The van der Waals surface area contributed by atoms with E-state index in [1.807, 2.05) is 31.1 Å². The summed E-state index contributed by atoms with van der Waals surface area (Å²) < 4.78 is 10.8. The van der Waals surface area contributed by atoms with Crippen molar-refractivity contribution in [2.75, 3.05) is 27.5 Å². The standard InChI is InChI=1S/C11H23NO2/c1-6-8-12(4)10-14-11(2,3)7-9-13-5/h6,8H,7,9-10H2,1-5H3. The third-order valence-electron chi connectivity index (χ3n) is 1.97. The van der Waals surface area contributed by atoms with Crippen LogP contribution in [0, 0.1) is 0 Å². The Morgan fingerprint density at radius 2 is 2.00 bits per heavy atom. The molecule has 0 unspecified atom stereocenters. The lowest BCUT2D eigenvalue weighted by atomic mass is 10.1. The summed E-state index contributed by atoms with van der Waals surface area (Å²) in [4.78, 5) is 2.01. The monoisotopic (exact) mass is 201 g/mol. The van der Waals surface area contributed by atoms with E-state index < -0.39 is 0 Å². The van der Waals surface area contributed by atoms with Crippen LogP contribution in [0.3, 0.4) is 0 Å². The van der Waals surface area contributed by atoms with Gasteiger partial charge in [-0.15, -0.1) is 0 Å². The Balaban J connectivity index is 3.74. The predicted octanol–water partition coefficient (Wildman–Crippen LogP) is 2.24. The fraction of sp³-hybridized carbons (Fsp3) is 0.818. The fourth-order valence-corrected chi connectivity index (χ4v) is 0.994. The van der Waals surface area contributed by atoms with Crippen LogP contribution in [-0.2, 0) is 9.47 Å². The van der Waals surface area contributed by atoms with Gasteiger partial charge in [0.25, 0.3) is 0 Å². The quantitative estimate of drug-likeness (QED) is 0.590. The first-order valence-corrected chi connectivity index (χ1v) is 4.98. The minimum Gasteiger partial charge on any atom is -0.385 e. The van der Waals surface area contributed by atoms with E-state index in [-0.39, 0.29) is 5.60 Å². The highest BCUT2D eigenvalue weighted by Crippen LogP contribution is 2.14. The number of allylic oxidation sites excluding steroid dienone is 1. The number of rotatable bonds is 7. The van der Waals surface area contributed by atoms with Gasteiger partial charge in [0.1, 0.15) is 6.73 Å². The van der Waals surface area contributed by atoms with Crippen LogP contribution in [0.5, 0.6) is 0 Å². The third-order valence-corrected chi connectivity index (χ3v) is 1.97. The molecule has 0 aliphatic rings. The molecule has 0 spiro atoms. The number of methoxy groups -OCH3 is 1. The third kappa shape index (κ3) is 6.92. The van der Waals surface area contributed by atoms with E-state index in [1.165, 1.54) is 0 Å². The first-order valence-electron chi connectivity index (χ1n) is 4.98. The summed E-state index contributed by atoms with van der Waals surface area (Å²) in [6.45, 7) is 7.50. The zero-order valence-electron chi connectivity index (χ0n) is 10.0. The van der Waals surface area contributed by atoms with Crippen molar-refractivity contribution in [3.8, 4) is 0 Å². The normalized spacial score (nSPS) is 12.4. The SMILES string of the molecule is CC=CN(C)COC(C)(C)CCOC. The molecule has 0 aromatic rings. The van der Waals surface area contributed by atoms with Crippen LogP contribution in [0.15, 0.2) is 12.3 Å². The van der Waals surface area contributed by atoms with Crippen LogP contribution in [0.1, 0.15) is 27.2 Å². The van der Waals surface area contributed by atoms with Crippen molar-refractivity contribution in [1.29, 1.82) is 0 Å². The molecule has 0 aliphatic carbocycles. The Hall–Kier alpha value is -0.540. The molecule has 0 heterocycles. The fourth-order valence-electron chi connectivity index (χ4n) is 0.994. The Bertz CT molecular complexity index is 167. The molecule has 0 radical (unpaired) electrons. The second-order valence-corrected chi connectivity index (χ2v) is 4.02. The van der Waals surface area contributed by atoms with Gasteiger partial charge < -0.3 is 14.4 Å². The van der Waals surface area contributed by atoms with Crippen molar-refractivity contribution < 1.29 is 9.47 Å². The zero-order valence-corrected chi connectivity index (χ0v) is 10.0. The molecule has 0 rings (SSSR count). The van der Waals surface area contributed by atoms with Crippen LogP contribution in [0.4, 0.5) is 0 Å². The molecule has 14 heavy (non-hydrogen) atoms. The molecule has 0 aromatic heterocycles. The average molecular weight is 201 g/mol. The lowest BCUT2D eigenvalue weighted by Gasteiger charge is -2.27. The minimum absolute atomic E-state index is 0.119. The number of hydrogen-bond acceptors (Lipinski definition) is 3. The van der Waals surface area contributed by atoms with Gasteiger partial charge in [-0.25, -0.2) is 0 Å². The van der Waals surface area contributed by atoms with Gasteiger partial charge in [0.15, 0.2) is 0 Å². The van der Waals surface area contributed by atoms with Crippen LogP contribution < -0.4 is 0 Å². The number of ether oxygens (including phenoxy) is 2. The van der Waals surface area contributed by atoms with Crippen molar-refractivity contribution in [3.05, 3.63) is 12.3 Å². The summed E-state index contributed by atoms with van der Waals surface area (Å²) >= 11 is 0. The number of nitrogens with zero attached hydrogens (tertiary/aromatic N) is 1. The van der Waals surface area contributed by atoms with Crippen molar-refractivity contribution in [3.63, 3.8) is 0 Å².